The van der Waals surface area contributed by atoms with E-state index in [0.717, 1.165) is 18.6 Å². The van der Waals surface area contributed by atoms with Crippen LogP contribution in [0.15, 0.2) is 11.8 Å². The fourth-order valence-corrected chi connectivity index (χ4v) is 1.57. The van der Waals surface area contributed by atoms with Gasteiger partial charge in [0.15, 0.2) is 11.4 Å². The van der Waals surface area contributed by atoms with Gasteiger partial charge in [0, 0.05) is 6.42 Å². The third-order valence-electron chi connectivity index (χ3n) is 2.35. The fourth-order valence-electron chi connectivity index (χ4n) is 1.57. The molecule has 0 amide bonds. The maximum atomic E-state index is 11.5. The molecule has 1 heterocycles. The van der Waals surface area contributed by atoms with E-state index in [4.69, 9.17) is 4.74 Å². The monoisotopic (exact) mass is 168 g/mol. The Morgan fingerprint density at radius 2 is 2.42 bits per heavy atom. The van der Waals surface area contributed by atoms with Crippen molar-refractivity contribution in [2.24, 2.45) is 0 Å². The lowest BCUT2D eigenvalue weighted by atomic mass is 9.91. The summed E-state index contributed by atoms with van der Waals surface area (Å²) in [5.41, 5.74) is -0.548. The molecule has 0 radical (unpaired) electrons. The Hall–Kier alpha value is -0.790. The molecular formula is C10H16O2. The minimum absolute atomic E-state index is 0.204. The molecule has 68 valence electrons. The first kappa shape index (κ1) is 9.30. The topological polar surface area (TPSA) is 26.3 Å². The lowest BCUT2D eigenvalue weighted by Gasteiger charge is -2.32. The molecule has 1 rings (SSSR count). The van der Waals surface area contributed by atoms with Gasteiger partial charge >= 0.3 is 0 Å². The summed E-state index contributed by atoms with van der Waals surface area (Å²) in [7, 11) is 0. The lowest BCUT2D eigenvalue weighted by molar-refractivity contribution is -0.139. The van der Waals surface area contributed by atoms with E-state index in [2.05, 4.69) is 0 Å². The largest absolute Gasteiger partial charge is 0.485 e. The van der Waals surface area contributed by atoms with Crippen LogP contribution in [0.25, 0.3) is 0 Å². The average molecular weight is 168 g/mol. The van der Waals surface area contributed by atoms with E-state index in [-0.39, 0.29) is 5.78 Å². The molecule has 1 atom stereocenters. The standard InChI is InChI=1S/C10H16O2/c1-4-9(11)10(3)7-5-6-8(2)12-10/h6H,4-5,7H2,1-3H3/t10-/m0/s1. The number of ether oxygens (including phenoxy) is 1. The molecule has 1 aliphatic rings. The highest BCUT2D eigenvalue weighted by Crippen LogP contribution is 2.28. The van der Waals surface area contributed by atoms with Crippen molar-refractivity contribution in [3.63, 3.8) is 0 Å². The second-order valence-electron chi connectivity index (χ2n) is 3.46. The zero-order valence-corrected chi connectivity index (χ0v) is 8.02. The Morgan fingerprint density at radius 3 is 2.92 bits per heavy atom. The maximum Gasteiger partial charge on any atom is 0.175 e. The Bertz CT molecular complexity index is 218. The van der Waals surface area contributed by atoms with Crippen molar-refractivity contribution in [1.29, 1.82) is 0 Å². The third-order valence-corrected chi connectivity index (χ3v) is 2.35. The molecule has 0 unspecified atom stereocenters. The van der Waals surface area contributed by atoms with Crippen LogP contribution in [0.5, 0.6) is 0 Å². The molecule has 0 fully saturated rings. The van der Waals surface area contributed by atoms with E-state index in [9.17, 15) is 4.79 Å². The number of rotatable bonds is 2. The molecule has 0 N–H and O–H groups in total. The lowest BCUT2D eigenvalue weighted by Crippen LogP contribution is -2.39. The van der Waals surface area contributed by atoms with E-state index in [0.29, 0.717) is 6.42 Å². The quantitative estimate of drug-likeness (QED) is 0.633. The first-order valence-electron chi connectivity index (χ1n) is 4.47. The van der Waals surface area contributed by atoms with E-state index in [1.807, 2.05) is 26.8 Å². The summed E-state index contributed by atoms with van der Waals surface area (Å²) in [5.74, 6) is 1.08. The van der Waals surface area contributed by atoms with Crippen LogP contribution >= 0.6 is 0 Å². The second kappa shape index (κ2) is 3.30. The number of hydrogen-bond acceptors (Lipinski definition) is 2. The van der Waals surface area contributed by atoms with Gasteiger partial charge in [0.25, 0.3) is 0 Å². The number of carbonyl (C=O) groups excluding carboxylic acids is 1. The molecule has 0 aromatic carbocycles. The van der Waals surface area contributed by atoms with Gasteiger partial charge in [-0.15, -0.1) is 0 Å². The van der Waals surface area contributed by atoms with Gasteiger partial charge in [-0.1, -0.05) is 6.92 Å². The molecule has 2 nitrogen and oxygen atoms in total. The van der Waals surface area contributed by atoms with Crippen molar-refractivity contribution in [2.75, 3.05) is 0 Å². The van der Waals surface area contributed by atoms with E-state index in [1.165, 1.54) is 0 Å². The predicted octanol–water partition coefficient (Wildman–Crippen LogP) is 2.44. The van der Waals surface area contributed by atoms with Crippen LogP contribution in [0.3, 0.4) is 0 Å². The van der Waals surface area contributed by atoms with Gasteiger partial charge in [-0.2, -0.15) is 0 Å². The van der Waals surface area contributed by atoms with Gasteiger partial charge in [0.1, 0.15) is 0 Å². The highest BCUT2D eigenvalue weighted by molar-refractivity contribution is 5.86. The molecule has 0 saturated heterocycles. The first-order valence-corrected chi connectivity index (χ1v) is 4.47. The second-order valence-corrected chi connectivity index (χ2v) is 3.46. The molecule has 0 bridgehead atoms. The first-order chi connectivity index (χ1) is 5.58. The van der Waals surface area contributed by atoms with Crippen LogP contribution in [0, 0.1) is 0 Å². The summed E-state index contributed by atoms with van der Waals surface area (Å²) < 4.78 is 5.54. The zero-order valence-electron chi connectivity index (χ0n) is 8.02. The Balaban J connectivity index is 2.73. The van der Waals surface area contributed by atoms with Crippen LogP contribution in [0.4, 0.5) is 0 Å². The highest BCUT2D eigenvalue weighted by atomic mass is 16.5. The van der Waals surface area contributed by atoms with Crippen molar-refractivity contribution < 1.29 is 9.53 Å². The summed E-state index contributed by atoms with van der Waals surface area (Å²) >= 11 is 0. The van der Waals surface area contributed by atoms with Crippen LogP contribution < -0.4 is 0 Å². The van der Waals surface area contributed by atoms with Gasteiger partial charge in [-0.3, -0.25) is 4.79 Å². The molecule has 0 spiro atoms. The highest BCUT2D eigenvalue weighted by Gasteiger charge is 2.34. The van der Waals surface area contributed by atoms with Crippen molar-refractivity contribution in [2.45, 2.75) is 45.6 Å². The van der Waals surface area contributed by atoms with E-state index >= 15 is 0 Å². The van der Waals surface area contributed by atoms with Crippen LogP contribution in [-0.2, 0) is 9.53 Å². The Labute approximate surface area is 73.6 Å². The average Bonchev–Trinajstić information content (AvgIpc) is 2.02. The minimum atomic E-state index is -0.548. The number of Topliss-reactive ketones (excluding diaryl/α,β-unsaturated/α-hetero) is 1. The zero-order chi connectivity index (χ0) is 9.19. The van der Waals surface area contributed by atoms with E-state index in [1.54, 1.807) is 0 Å². The normalized spacial score (nSPS) is 29.1. The van der Waals surface area contributed by atoms with Gasteiger partial charge in [-0.05, 0) is 32.8 Å². The predicted molar refractivity (Wildman–Crippen MR) is 47.8 cm³/mol. The molecule has 0 aromatic rings. The van der Waals surface area contributed by atoms with Crippen LogP contribution in [0.2, 0.25) is 0 Å². The number of carbonyl (C=O) groups is 1. The fraction of sp³-hybridized carbons (Fsp3) is 0.700. The van der Waals surface area contributed by atoms with Gasteiger partial charge < -0.3 is 4.74 Å². The van der Waals surface area contributed by atoms with Crippen molar-refractivity contribution in [3.8, 4) is 0 Å². The molecule has 0 saturated carbocycles. The summed E-state index contributed by atoms with van der Waals surface area (Å²) in [5, 5.41) is 0. The molecule has 1 aliphatic heterocycles. The molecule has 0 aliphatic carbocycles. The number of allylic oxidation sites excluding steroid dienone is 2. The Morgan fingerprint density at radius 1 is 1.75 bits per heavy atom. The van der Waals surface area contributed by atoms with Crippen molar-refractivity contribution >= 4 is 5.78 Å². The summed E-state index contributed by atoms with van der Waals surface area (Å²) in [4.78, 5) is 11.5. The summed E-state index contributed by atoms with van der Waals surface area (Å²) in [6, 6.07) is 0. The smallest absolute Gasteiger partial charge is 0.175 e. The number of ketones is 1. The summed E-state index contributed by atoms with van der Waals surface area (Å²) in [6.07, 6.45) is 4.36. The van der Waals surface area contributed by atoms with E-state index < -0.39 is 5.60 Å². The molecule has 2 heteroatoms. The van der Waals surface area contributed by atoms with Crippen molar-refractivity contribution in [3.05, 3.63) is 11.8 Å². The van der Waals surface area contributed by atoms with Crippen LogP contribution in [0.1, 0.15) is 40.0 Å². The molecular weight excluding hydrogens is 152 g/mol. The van der Waals surface area contributed by atoms with Crippen molar-refractivity contribution in [1.82, 2.24) is 0 Å². The SMILES string of the molecule is CCC(=O)[C@]1(C)CCC=C(C)O1. The molecule has 0 aromatic heterocycles. The number of hydrogen-bond donors (Lipinski definition) is 0. The minimum Gasteiger partial charge on any atom is -0.485 e. The molecule has 12 heavy (non-hydrogen) atoms. The third kappa shape index (κ3) is 1.68. The Kier molecular flexibility index (Phi) is 2.55. The van der Waals surface area contributed by atoms with Gasteiger partial charge in [0.2, 0.25) is 0 Å². The maximum absolute atomic E-state index is 11.5. The van der Waals surface area contributed by atoms with Crippen LogP contribution in [-0.4, -0.2) is 11.4 Å². The van der Waals surface area contributed by atoms with Gasteiger partial charge in [-0.25, -0.2) is 0 Å². The summed E-state index contributed by atoms with van der Waals surface area (Å²) in [6.45, 7) is 5.67. The van der Waals surface area contributed by atoms with Gasteiger partial charge in [0.05, 0.1) is 5.76 Å².